The Hall–Kier alpha value is -1.38. The average molecular weight is 220 g/mol. The minimum atomic E-state index is -0.767. The van der Waals surface area contributed by atoms with Gasteiger partial charge in [-0.05, 0) is 36.8 Å². The summed E-state index contributed by atoms with van der Waals surface area (Å²) in [5.41, 5.74) is 0.193. The molecule has 0 aromatic heterocycles. The molecule has 0 aliphatic heterocycles. The normalized spacial score (nSPS) is 35.8. The molecule has 1 aromatic carbocycles. The van der Waals surface area contributed by atoms with Crippen LogP contribution in [-0.2, 0) is 10.2 Å². The van der Waals surface area contributed by atoms with Gasteiger partial charge in [-0.1, -0.05) is 18.2 Å². The van der Waals surface area contributed by atoms with Crippen LogP contribution in [0.5, 0.6) is 0 Å². The molecule has 3 heteroatoms. The van der Waals surface area contributed by atoms with Crippen molar-refractivity contribution in [2.75, 3.05) is 0 Å². The van der Waals surface area contributed by atoms with Gasteiger partial charge in [-0.2, -0.15) is 0 Å². The summed E-state index contributed by atoms with van der Waals surface area (Å²) in [4.78, 5) is 11.2. The van der Waals surface area contributed by atoms with Gasteiger partial charge >= 0.3 is 5.97 Å². The summed E-state index contributed by atoms with van der Waals surface area (Å²) in [5, 5.41) is 9.21. The molecule has 1 aromatic rings. The van der Waals surface area contributed by atoms with Crippen molar-refractivity contribution in [3.8, 4) is 0 Å². The Kier molecular flexibility index (Phi) is 1.88. The highest BCUT2D eigenvalue weighted by Crippen LogP contribution is 2.64. The van der Waals surface area contributed by atoms with Gasteiger partial charge in [0.25, 0.3) is 0 Å². The van der Waals surface area contributed by atoms with E-state index in [9.17, 15) is 14.3 Å². The molecule has 0 radical (unpaired) electrons. The Balaban J connectivity index is 2.07. The number of carboxylic acid groups (broad SMARTS) is 1. The minimum absolute atomic E-state index is 0.255. The van der Waals surface area contributed by atoms with E-state index in [2.05, 4.69) is 0 Å². The number of hydrogen-bond acceptors (Lipinski definition) is 1. The van der Waals surface area contributed by atoms with Crippen LogP contribution in [0.1, 0.15) is 24.8 Å². The summed E-state index contributed by atoms with van der Waals surface area (Å²) in [6, 6.07) is 6.61. The van der Waals surface area contributed by atoms with Crippen molar-refractivity contribution in [1.82, 2.24) is 0 Å². The molecule has 1 N–H and O–H groups in total. The van der Waals surface area contributed by atoms with Gasteiger partial charge in [0.1, 0.15) is 5.82 Å². The molecule has 2 bridgehead atoms. The molecule has 3 saturated carbocycles. The van der Waals surface area contributed by atoms with Gasteiger partial charge in [0.05, 0.1) is 5.92 Å². The number of halogens is 1. The highest BCUT2D eigenvalue weighted by Gasteiger charge is 2.63. The molecular formula is C13H13FO2. The largest absolute Gasteiger partial charge is 0.481 e. The van der Waals surface area contributed by atoms with Crippen molar-refractivity contribution in [2.45, 2.75) is 24.7 Å². The Morgan fingerprint density at radius 3 is 2.81 bits per heavy atom. The number of fused-ring (bicyclic) bond motifs is 1. The van der Waals surface area contributed by atoms with Crippen molar-refractivity contribution in [3.05, 3.63) is 35.6 Å². The first kappa shape index (κ1) is 9.82. The van der Waals surface area contributed by atoms with Crippen LogP contribution in [0.2, 0.25) is 0 Å². The zero-order chi connectivity index (χ0) is 11.3. The lowest BCUT2D eigenvalue weighted by molar-refractivity contribution is -0.150. The number of rotatable bonds is 2. The maximum absolute atomic E-state index is 13.8. The van der Waals surface area contributed by atoms with Gasteiger partial charge in [0.15, 0.2) is 0 Å². The maximum Gasteiger partial charge on any atom is 0.307 e. The molecule has 3 aliphatic carbocycles. The number of hydrogen-bond donors (Lipinski definition) is 1. The van der Waals surface area contributed by atoms with Crippen LogP contribution in [0, 0.1) is 17.7 Å². The minimum Gasteiger partial charge on any atom is -0.481 e. The molecular weight excluding hydrogens is 207 g/mol. The first-order valence-corrected chi connectivity index (χ1v) is 5.63. The third-order valence-corrected chi connectivity index (χ3v) is 4.33. The van der Waals surface area contributed by atoms with E-state index >= 15 is 0 Å². The molecule has 3 aliphatic rings. The predicted molar refractivity (Wildman–Crippen MR) is 56.5 cm³/mol. The fraction of sp³-hybridized carbons (Fsp3) is 0.462. The van der Waals surface area contributed by atoms with Crippen LogP contribution in [0.3, 0.4) is 0 Å². The number of benzene rings is 1. The summed E-state index contributed by atoms with van der Waals surface area (Å²) in [6.07, 6.45) is 2.58. The zero-order valence-electron chi connectivity index (χ0n) is 8.82. The number of aliphatic carboxylic acids is 1. The highest BCUT2D eigenvalue weighted by atomic mass is 19.1. The van der Waals surface area contributed by atoms with Crippen molar-refractivity contribution in [2.24, 2.45) is 11.8 Å². The van der Waals surface area contributed by atoms with Crippen LogP contribution >= 0.6 is 0 Å². The summed E-state index contributed by atoms with van der Waals surface area (Å²) in [7, 11) is 0. The second kappa shape index (κ2) is 3.06. The Morgan fingerprint density at radius 2 is 2.19 bits per heavy atom. The van der Waals surface area contributed by atoms with Gasteiger partial charge in [-0.15, -0.1) is 0 Å². The summed E-state index contributed by atoms with van der Waals surface area (Å²) in [5.74, 6) is -1.13. The van der Waals surface area contributed by atoms with E-state index in [4.69, 9.17) is 0 Å². The molecule has 84 valence electrons. The summed E-state index contributed by atoms with van der Waals surface area (Å²) < 4.78 is 13.8. The lowest BCUT2D eigenvalue weighted by Gasteiger charge is -2.45. The van der Waals surface area contributed by atoms with E-state index in [0.717, 1.165) is 19.3 Å². The van der Waals surface area contributed by atoms with E-state index in [-0.39, 0.29) is 17.7 Å². The summed E-state index contributed by atoms with van der Waals surface area (Å²) >= 11 is 0. The van der Waals surface area contributed by atoms with Gasteiger partial charge < -0.3 is 5.11 Å². The van der Waals surface area contributed by atoms with E-state index in [1.165, 1.54) is 6.07 Å². The van der Waals surface area contributed by atoms with Crippen molar-refractivity contribution in [3.63, 3.8) is 0 Å². The molecule has 3 unspecified atom stereocenters. The smallest absolute Gasteiger partial charge is 0.307 e. The molecule has 0 saturated heterocycles. The van der Waals surface area contributed by atoms with Crippen LogP contribution < -0.4 is 0 Å². The lowest BCUT2D eigenvalue weighted by atomic mass is 9.57. The average Bonchev–Trinajstić information content (AvgIpc) is 2.75. The molecule has 2 nitrogen and oxygen atoms in total. The van der Waals surface area contributed by atoms with Gasteiger partial charge in [0, 0.05) is 5.41 Å². The van der Waals surface area contributed by atoms with Crippen molar-refractivity contribution in [1.29, 1.82) is 0 Å². The fourth-order valence-electron chi connectivity index (χ4n) is 3.69. The van der Waals surface area contributed by atoms with Crippen molar-refractivity contribution < 1.29 is 14.3 Å². The second-order valence-corrected chi connectivity index (χ2v) is 4.95. The highest BCUT2D eigenvalue weighted by molar-refractivity contribution is 5.75. The first-order chi connectivity index (χ1) is 7.65. The van der Waals surface area contributed by atoms with E-state index in [1.54, 1.807) is 18.2 Å². The molecule has 4 rings (SSSR count). The Labute approximate surface area is 93.1 Å². The van der Waals surface area contributed by atoms with E-state index in [1.807, 2.05) is 0 Å². The standard InChI is InChI=1S/C13H13FO2/c14-10-4-2-1-3-9(10)13-6-5-8(7-13)11(13)12(15)16/h1-4,8,11H,5-7H2,(H,15,16). The third-order valence-electron chi connectivity index (χ3n) is 4.33. The Morgan fingerprint density at radius 1 is 1.44 bits per heavy atom. The quantitative estimate of drug-likeness (QED) is 0.831. The molecule has 0 amide bonds. The first-order valence-electron chi connectivity index (χ1n) is 5.63. The SMILES string of the molecule is O=C(O)C1C2CCC1(c1ccccc1F)C2. The lowest BCUT2D eigenvalue weighted by Crippen LogP contribution is -2.48. The van der Waals surface area contributed by atoms with Crippen LogP contribution in [0.4, 0.5) is 4.39 Å². The molecule has 0 heterocycles. The molecule has 3 atom stereocenters. The van der Waals surface area contributed by atoms with Gasteiger partial charge in [-0.3, -0.25) is 4.79 Å². The van der Waals surface area contributed by atoms with Crippen molar-refractivity contribution >= 4 is 5.97 Å². The zero-order valence-corrected chi connectivity index (χ0v) is 8.82. The fourth-order valence-corrected chi connectivity index (χ4v) is 3.69. The van der Waals surface area contributed by atoms with Gasteiger partial charge in [0.2, 0.25) is 0 Å². The maximum atomic E-state index is 13.8. The van der Waals surface area contributed by atoms with Gasteiger partial charge in [-0.25, -0.2) is 4.39 Å². The summed E-state index contributed by atoms with van der Waals surface area (Å²) in [6.45, 7) is 0. The van der Waals surface area contributed by atoms with Crippen LogP contribution in [0.25, 0.3) is 0 Å². The Bertz CT molecular complexity index is 453. The third kappa shape index (κ3) is 1.03. The molecule has 0 spiro atoms. The monoisotopic (exact) mass is 220 g/mol. The van der Waals surface area contributed by atoms with E-state index < -0.39 is 11.4 Å². The second-order valence-electron chi connectivity index (χ2n) is 4.95. The predicted octanol–water partition coefficient (Wildman–Crippen LogP) is 2.58. The number of carbonyl (C=O) groups is 1. The van der Waals surface area contributed by atoms with E-state index in [0.29, 0.717) is 5.56 Å². The van der Waals surface area contributed by atoms with Crippen LogP contribution in [-0.4, -0.2) is 11.1 Å². The number of carboxylic acids is 1. The molecule has 16 heavy (non-hydrogen) atoms. The molecule has 3 fully saturated rings. The topological polar surface area (TPSA) is 37.3 Å². The van der Waals surface area contributed by atoms with Crippen LogP contribution in [0.15, 0.2) is 24.3 Å².